The second-order valence-electron chi connectivity index (χ2n) is 5.45. The van der Waals surface area contributed by atoms with Crippen LogP contribution in [0.1, 0.15) is 38.1 Å². The van der Waals surface area contributed by atoms with Crippen molar-refractivity contribution in [2.45, 2.75) is 38.9 Å². The second kappa shape index (κ2) is 5.76. The Kier molecular flexibility index (Phi) is 4.77. The average Bonchev–Trinajstić information content (AvgIpc) is 2.36. The van der Waals surface area contributed by atoms with E-state index in [1.54, 1.807) is 32.8 Å². The summed E-state index contributed by atoms with van der Waals surface area (Å²) in [7, 11) is 3.27. The number of carbonyl (C=O) groups excluding carboxylic acids is 1. The topological polar surface area (TPSA) is 61.6 Å². The van der Waals surface area contributed by atoms with Crippen LogP contribution in [0, 0.1) is 0 Å². The lowest BCUT2D eigenvalue weighted by molar-refractivity contribution is -0.114. The molecule has 1 rings (SSSR count). The molecule has 0 saturated heterocycles. The minimum absolute atomic E-state index is 0.440. The molecular formula is C14H21BNO3. The van der Waals surface area contributed by atoms with Crippen LogP contribution in [0.3, 0.4) is 0 Å². The van der Waals surface area contributed by atoms with Gasteiger partial charge < -0.3 is 15.1 Å². The molecule has 0 atom stereocenters. The van der Waals surface area contributed by atoms with Crippen LogP contribution in [-0.4, -0.2) is 31.7 Å². The van der Waals surface area contributed by atoms with E-state index < -0.39 is 17.1 Å². The number of hydrogen-bond donors (Lipinski definition) is 1. The maximum absolute atomic E-state index is 11.1. The summed E-state index contributed by atoms with van der Waals surface area (Å²) in [5.74, 6) is -0.452. The molecule has 0 saturated carbocycles. The second-order valence-corrected chi connectivity index (χ2v) is 5.45. The molecule has 0 bridgehead atoms. The van der Waals surface area contributed by atoms with E-state index in [1.807, 2.05) is 33.8 Å². The number of rotatable bonds is 6. The molecule has 0 aliphatic rings. The van der Waals surface area contributed by atoms with Gasteiger partial charge in [-0.1, -0.05) is 23.7 Å². The van der Waals surface area contributed by atoms with E-state index in [0.29, 0.717) is 5.56 Å². The molecule has 2 N–H and O–H groups in total. The Morgan fingerprint density at radius 1 is 1.21 bits per heavy atom. The first-order valence-corrected chi connectivity index (χ1v) is 6.16. The number of hydrogen-bond acceptors (Lipinski definition) is 3. The Hall–Kier alpha value is -1.33. The van der Waals surface area contributed by atoms with Gasteiger partial charge in [-0.05, 0) is 33.8 Å². The molecule has 1 aromatic carbocycles. The minimum atomic E-state index is -0.509. The van der Waals surface area contributed by atoms with Crippen LogP contribution in [0.5, 0.6) is 0 Å². The van der Waals surface area contributed by atoms with Crippen molar-refractivity contribution in [3.8, 4) is 0 Å². The number of nitrogens with two attached hydrogens (primary N) is 1. The summed E-state index contributed by atoms with van der Waals surface area (Å²) in [6.45, 7) is 7.82. The predicted molar refractivity (Wildman–Crippen MR) is 76.6 cm³/mol. The van der Waals surface area contributed by atoms with Crippen molar-refractivity contribution in [3.05, 3.63) is 29.8 Å². The summed E-state index contributed by atoms with van der Waals surface area (Å²) < 4.78 is 11.2. The van der Waals surface area contributed by atoms with Crippen molar-refractivity contribution in [3.63, 3.8) is 0 Å². The van der Waals surface area contributed by atoms with Gasteiger partial charge in [0.15, 0.2) is 0 Å². The molecule has 5 heteroatoms. The molecule has 0 fully saturated rings. The van der Waals surface area contributed by atoms with E-state index >= 15 is 0 Å². The maximum atomic E-state index is 11.1. The molecule has 0 heterocycles. The molecule has 19 heavy (non-hydrogen) atoms. The lowest BCUT2D eigenvalue weighted by Crippen LogP contribution is -2.50. The van der Waals surface area contributed by atoms with Gasteiger partial charge in [-0.3, -0.25) is 4.79 Å². The van der Waals surface area contributed by atoms with Crippen molar-refractivity contribution in [1.29, 1.82) is 0 Å². The maximum Gasteiger partial charge on any atom is 0.330 e. The minimum Gasteiger partial charge on any atom is -0.427 e. The zero-order valence-electron chi connectivity index (χ0n) is 12.2. The van der Waals surface area contributed by atoms with Crippen molar-refractivity contribution >= 4 is 18.9 Å². The summed E-state index contributed by atoms with van der Waals surface area (Å²) in [5.41, 5.74) is 5.54. The van der Waals surface area contributed by atoms with Gasteiger partial charge in [-0.2, -0.15) is 0 Å². The summed E-state index contributed by atoms with van der Waals surface area (Å²) in [6, 6.07) is 6.98. The number of ether oxygens (including phenoxy) is 1. The van der Waals surface area contributed by atoms with E-state index in [4.69, 9.17) is 15.1 Å². The highest BCUT2D eigenvalue weighted by Crippen LogP contribution is 2.27. The number of methoxy groups -OCH3 is 1. The molecule has 0 spiro atoms. The van der Waals surface area contributed by atoms with Crippen LogP contribution in [0.2, 0.25) is 0 Å². The molecule has 4 nitrogen and oxygen atoms in total. The van der Waals surface area contributed by atoms with Crippen LogP contribution in [0.4, 0.5) is 0 Å². The lowest BCUT2D eigenvalue weighted by Gasteiger charge is -2.40. The first-order chi connectivity index (χ1) is 8.69. The van der Waals surface area contributed by atoms with Crippen molar-refractivity contribution < 1.29 is 14.2 Å². The third kappa shape index (κ3) is 3.82. The lowest BCUT2D eigenvalue weighted by atomic mass is 9.82. The Bertz CT molecular complexity index is 458. The zero-order chi connectivity index (χ0) is 14.7. The number of benzene rings is 1. The Labute approximate surface area is 115 Å². The highest BCUT2D eigenvalue weighted by Gasteiger charge is 2.37. The third-order valence-electron chi connectivity index (χ3n) is 3.62. The third-order valence-corrected chi connectivity index (χ3v) is 3.62. The molecular weight excluding hydrogens is 241 g/mol. The molecule has 1 amide bonds. The van der Waals surface area contributed by atoms with Gasteiger partial charge in [0, 0.05) is 12.7 Å². The molecule has 103 valence electrons. The van der Waals surface area contributed by atoms with Gasteiger partial charge in [-0.25, -0.2) is 0 Å². The van der Waals surface area contributed by atoms with E-state index in [2.05, 4.69) is 0 Å². The smallest absolute Gasteiger partial charge is 0.330 e. The van der Waals surface area contributed by atoms with Crippen LogP contribution in [-0.2, 0) is 9.39 Å². The molecule has 0 aromatic heterocycles. The monoisotopic (exact) mass is 262 g/mol. The Morgan fingerprint density at radius 2 is 1.84 bits per heavy atom. The summed E-state index contributed by atoms with van der Waals surface area (Å²) in [5, 5.41) is 0. The Balaban J connectivity index is 2.77. The summed E-state index contributed by atoms with van der Waals surface area (Å²) in [6.07, 6.45) is 0. The van der Waals surface area contributed by atoms with Crippen molar-refractivity contribution in [2.75, 3.05) is 7.11 Å². The standard InChI is InChI=1S/C14H21BNO3/c1-13(2,18-5)14(3,4)19-15-11-8-6-7-10(9-11)12(16)17/h6-9H,1-5H3,(H2,16,17). The molecule has 0 aliphatic heterocycles. The summed E-state index contributed by atoms with van der Waals surface area (Å²) in [4.78, 5) is 11.1. The van der Waals surface area contributed by atoms with Crippen molar-refractivity contribution in [2.24, 2.45) is 5.73 Å². The first kappa shape index (κ1) is 15.7. The van der Waals surface area contributed by atoms with E-state index in [1.165, 1.54) is 0 Å². The highest BCUT2D eigenvalue weighted by molar-refractivity contribution is 6.47. The molecule has 0 unspecified atom stereocenters. The largest absolute Gasteiger partial charge is 0.427 e. The van der Waals surface area contributed by atoms with Crippen LogP contribution in [0.15, 0.2) is 24.3 Å². The van der Waals surface area contributed by atoms with E-state index in [-0.39, 0.29) is 0 Å². The van der Waals surface area contributed by atoms with Gasteiger partial charge >= 0.3 is 7.48 Å². The predicted octanol–water partition coefficient (Wildman–Crippen LogP) is 1.25. The van der Waals surface area contributed by atoms with Crippen LogP contribution < -0.4 is 11.2 Å². The van der Waals surface area contributed by atoms with Gasteiger partial charge in [0.05, 0.1) is 11.2 Å². The summed E-state index contributed by atoms with van der Waals surface area (Å²) >= 11 is 0. The first-order valence-electron chi connectivity index (χ1n) is 6.16. The van der Waals surface area contributed by atoms with Gasteiger partial charge in [0.2, 0.25) is 5.91 Å². The SMILES string of the molecule is COC(C)(C)C(C)(C)O[B]c1cccc(C(N)=O)c1. The average molecular weight is 262 g/mol. The molecule has 1 aromatic rings. The van der Waals surface area contributed by atoms with Crippen LogP contribution >= 0.6 is 0 Å². The fraction of sp³-hybridized carbons (Fsp3) is 0.500. The highest BCUT2D eigenvalue weighted by atomic mass is 16.5. The zero-order valence-corrected chi connectivity index (χ0v) is 12.2. The van der Waals surface area contributed by atoms with Gasteiger partial charge in [0.1, 0.15) is 0 Å². The molecule has 0 aliphatic carbocycles. The normalized spacial score (nSPS) is 12.3. The van der Waals surface area contributed by atoms with Crippen LogP contribution in [0.25, 0.3) is 0 Å². The Morgan fingerprint density at radius 3 is 2.37 bits per heavy atom. The number of primary amides is 1. The number of amides is 1. The van der Waals surface area contributed by atoms with Crippen molar-refractivity contribution in [1.82, 2.24) is 0 Å². The van der Waals surface area contributed by atoms with Gasteiger partial charge in [-0.15, -0.1) is 0 Å². The number of carbonyl (C=O) groups is 1. The molecule has 1 radical (unpaired) electrons. The fourth-order valence-corrected chi connectivity index (χ4v) is 1.37. The fourth-order valence-electron chi connectivity index (χ4n) is 1.37. The van der Waals surface area contributed by atoms with E-state index in [0.717, 1.165) is 5.46 Å². The quantitative estimate of drug-likeness (QED) is 0.785. The van der Waals surface area contributed by atoms with Gasteiger partial charge in [0.25, 0.3) is 0 Å². The van der Waals surface area contributed by atoms with E-state index in [9.17, 15) is 4.79 Å².